The lowest BCUT2D eigenvalue weighted by Crippen LogP contribution is -2.08. The van der Waals surface area contributed by atoms with E-state index in [0.717, 1.165) is 18.1 Å². The van der Waals surface area contributed by atoms with Crippen LogP contribution in [0.15, 0.2) is 24.8 Å². The summed E-state index contributed by atoms with van der Waals surface area (Å²) in [7, 11) is 1.92. The molecule has 0 fully saturated rings. The molecule has 5 nitrogen and oxygen atoms in total. The lowest BCUT2D eigenvalue weighted by Gasteiger charge is -2.05. The van der Waals surface area contributed by atoms with Gasteiger partial charge in [0.1, 0.15) is 12.7 Å². The van der Waals surface area contributed by atoms with Crippen LogP contribution in [0.4, 0.5) is 0 Å². The van der Waals surface area contributed by atoms with Gasteiger partial charge in [0.15, 0.2) is 5.82 Å². The molecule has 2 aromatic rings. The summed E-state index contributed by atoms with van der Waals surface area (Å²) in [5.41, 5.74) is 2.17. The van der Waals surface area contributed by atoms with Crippen molar-refractivity contribution in [2.24, 2.45) is 0 Å². The van der Waals surface area contributed by atoms with Crippen LogP contribution in [0.5, 0.6) is 0 Å². The van der Waals surface area contributed by atoms with Crippen LogP contribution in [-0.4, -0.2) is 26.8 Å². The van der Waals surface area contributed by atoms with Crippen molar-refractivity contribution in [3.05, 3.63) is 36.0 Å². The third kappa shape index (κ3) is 2.19. The molecule has 0 amide bonds. The maximum absolute atomic E-state index is 4.39. The Morgan fingerprint density at radius 2 is 2.27 bits per heavy atom. The van der Waals surface area contributed by atoms with E-state index in [4.69, 9.17) is 0 Å². The first kappa shape index (κ1) is 9.79. The summed E-state index contributed by atoms with van der Waals surface area (Å²) in [6, 6.07) is 4.05. The third-order valence-electron chi connectivity index (χ3n) is 2.03. The van der Waals surface area contributed by atoms with E-state index < -0.39 is 0 Å². The summed E-state index contributed by atoms with van der Waals surface area (Å²) < 4.78 is 1.66. The number of hydrogen-bond donors (Lipinski definition) is 1. The number of rotatable bonds is 3. The van der Waals surface area contributed by atoms with E-state index >= 15 is 0 Å². The van der Waals surface area contributed by atoms with Crippen LogP contribution in [-0.2, 0) is 6.54 Å². The smallest absolute Gasteiger partial charge is 0.155 e. The zero-order valence-corrected chi connectivity index (χ0v) is 8.81. The van der Waals surface area contributed by atoms with Gasteiger partial charge in [-0.25, -0.2) is 14.6 Å². The van der Waals surface area contributed by atoms with Gasteiger partial charge in [0, 0.05) is 12.2 Å². The molecule has 0 atom stereocenters. The van der Waals surface area contributed by atoms with E-state index in [1.807, 2.05) is 20.0 Å². The van der Waals surface area contributed by atoms with Crippen molar-refractivity contribution in [3.63, 3.8) is 0 Å². The Labute approximate surface area is 88.2 Å². The Kier molecular flexibility index (Phi) is 2.73. The van der Waals surface area contributed by atoms with Gasteiger partial charge >= 0.3 is 0 Å². The van der Waals surface area contributed by atoms with Gasteiger partial charge in [0.2, 0.25) is 0 Å². The van der Waals surface area contributed by atoms with Gasteiger partial charge in [-0.3, -0.25) is 0 Å². The molecule has 0 saturated carbocycles. The summed E-state index contributed by atoms with van der Waals surface area (Å²) in [4.78, 5) is 8.29. The topological polar surface area (TPSA) is 55.6 Å². The molecule has 15 heavy (non-hydrogen) atoms. The van der Waals surface area contributed by atoms with E-state index in [-0.39, 0.29) is 0 Å². The minimum absolute atomic E-state index is 0.803. The van der Waals surface area contributed by atoms with E-state index in [0.29, 0.717) is 0 Å². The quantitative estimate of drug-likeness (QED) is 0.797. The lowest BCUT2D eigenvalue weighted by molar-refractivity contribution is 0.796. The minimum atomic E-state index is 0.803. The molecule has 2 rings (SSSR count). The number of aromatic nitrogens is 4. The predicted octanol–water partition coefficient (Wildman–Crippen LogP) is 0.690. The number of nitrogens with one attached hydrogen (secondary N) is 1. The van der Waals surface area contributed by atoms with E-state index in [1.165, 1.54) is 11.9 Å². The highest BCUT2D eigenvalue weighted by molar-refractivity contribution is 5.29. The van der Waals surface area contributed by atoms with Gasteiger partial charge in [-0.05, 0) is 31.7 Å². The average molecular weight is 203 g/mol. The Morgan fingerprint density at radius 3 is 2.93 bits per heavy atom. The van der Waals surface area contributed by atoms with Gasteiger partial charge in [0.05, 0.1) is 0 Å². The molecule has 0 saturated heterocycles. The second-order valence-electron chi connectivity index (χ2n) is 3.35. The molecule has 0 aromatic carbocycles. The first-order valence-corrected chi connectivity index (χ1v) is 4.77. The van der Waals surface area contributed by atoms with Crippen LogP contribution in [0.25, 0.3) is 5.82 Å². The minimum Gasteiger partial charge on any atom is -0.316 e. The third-order valence-corrected chi connectivity index (χ3v) is 2.03. The Hall–Kier alpha value is -1.75. The molecule has 0 aliphatic carbocycles. The number of nitrogens with zero attached hydrogens (tertiary/aromatic N) is 4. The van der Waals surface area contributed by atoms with E-state index in [2.05, 4.69) is 26.4 Å². The molecule has 0 unspecified atom stereocenters. The summed E-state index contributed by atoms with van der Waals surface area (Å²) in [5.74, 6) is 0.803. The second-order valence-corrected chi connectivity index (χ2v) is 3.35. The highest BCUT2D eigenvalue weighted by Gasteiger charge is 2.02. The van der Waals surface area contributed by atoms with Crippen molar-refractivity contribution < 1.29 is 0 Å². The Balaban J connectivity index is 2.40. The van der Waals surface area contributed by atoms with E-state index in [9.17, 15) is 0 Å². The predicted molar refractivity (Wildman–Crippen MR) is 56.7 cm³/mol. The lowest BCUT2D eigenvalue weighted by atomic mass is 10.2. The van der Waals surface area contributed by atoms with Crippen molar-refractivity contribution in [1.29, 1.82) is 0 Å². The van der Waals surface area contributed by atoms with Gasteiger partial charge in [0.25, 0.3) is 0 Å². The fourth-order valence-corrected chi connectivity index (χ4v) is 1.47. The average Bonchev–Trinajstić information content (AvgIpc) is 2.70. The second kappa shape index (κ2) is 4.18. The maximum atomic E-state index is 4.39. The molecule has 2 heterocycles. The summed E-state index contributed by atoms with van der Waals surface area (Å²) in [6.07, 6.45) is 3.15. The molecular formula is C10H13N5. The standard InChI is InChI=1S/C10H13N5/c1-8-3-9(5-11-2)4-10(14-8)15-7-12-6-13-15/h3-4,6-7,11H,5H2,1-2H3. The molecule has 0 aliphatic heterocycles. The number of hydrogen-bond acceptors (Lipinski definition) is 4. The highest BCUT2D eigenvalue weighted by Crippen LogP contribution is 2.08. The fourth-order valence-electron chi connectivity index (χ4n) is 1.47. The molecule has 0 aliphatic rings. The van der Waals surface area contributed by atoms with Crippen LogP contribution < -0.4 is 5.32 Å². The van der Waals surface area contributed by atoms with Gasteiger partial charge < -0.3 is 5.32 Å². The maximum Gasteiger partial charge on any atom is 0.155 e. The van der Waals surface area contributed by atoms with Crippen LogP contribution in [0, 0.1) is 6.92 Å². The van der Waals surface area contributed by atoms with Crippen LogP contribution >= 0.6 is 0 Å². The van der Waals surface area contributed by atoms with Crippen LogP contribution in [0.1, 0.15) is 11.3 Å². The van der Waals surface area contributed by atoms with Crippen LogP contribution in [0.2, 0.25) is 0 Å². The molecule has 0 bridgehead atoms. The highest BCUT2D eigenvalue weighted by atomic mass is 15.3. The molecule has 78 valence electrons. The molecular weight excluding hydrogens is 190 g/mol. The van der Waals surface area contributed by atoms with Gasteiger partial charge in [-0.2, -0.15) is 5.10 Å². The Bertz CT molecular complexity index is 435. The number of aryl methyl sites for hydroxylation is 1. The van der Waals surface area contributed by atoms with Gasteiger partial charge in [-0.1, -0.05) is 0 Å². The van der Waals surface area contributed by atoms with Gasteiger partial charge in [-0.15, -0.1) is 0 Å². The zero-order chi connectivity index (χ0) is 10.7. The van der Waals surface area contributed by atoms with E-state index in [1.54, 1.807) is 11.0 Å². The normalized spacial score (nSPS) is 10.5. The monoisotopic (exact) mass is 203 g/mol. The Morgan fingerprint density at radius 1 is 1.40 bits per heavy atom. The first-order valence-electron chi connectivity index (χ1n) is 4.77. The molecule has 0 spiro atoms. The molecule has 2 aromatic heterocycles. The zero-order valence-electron chi connectivity index (χ0n) is 8.81. The van der Waals surface area contributed by atoms with Crippen LogP contribution in [0.3, 0.4) is 0 Å². The summed E-state index contributed by atoms with van der Waals surface area (Å²) >= 11 is 0. The summed E-state index contributed by atoms with van der Waals surface area (Å²) in [6.45, 7) is 2.80. The van der Waals surface area contributed by atoms with Crippen molar-refractivity contribution in [2.45, 2.75) is 13.5 Å². The van der Waals surface area contributed by atoms with Crippen molar-refractivity contribution in [2.75, 3.05) is 7.05 Å². The molecule has 1 N–H and O–H groups in total. The van der Waals surface area contributed by atoms with Crippen molar-refractivity contribution in [1.82, 2.24) is 25.1 Å². The van der Waals surface area contributed by atoms with Crippen molar-refractivity contribution in [3.8, 4) is 5.82 Å². The largest absolute Gasteiger partial charge is 0.316 e. The molecule has 0 radical (unpaired) electrons. The van der Waals surface area contributed by atoms with Crippen molar-refractivity contribution >= 4 is 0 Å². The number of pyridine rings is 1. The molecule has 5 heteroatoms. The fraction of sp³-hybridized carbons (Fsp3) is 0.300. The summed E-state index contributed by atoms with van der Waals surface area (Å²) in [5, 5.41) is 7.16. The first-order chi connectivity index (χ1) is 7.29. The SMILES string of the molecule is CNCc1cc(C)nc(-n2cncn2)c1.